The molecule has 1 rings (SSSR count). The lowest BCUT2D eigenvalue weighted by Crippen LogP contribution is -2.34. The molecule has 1 atom stereocenters. The standard InChI is InChI=1S/C8H14BrNS/c1-7(9)5-10-8-3-2-4-11-6-8/h8,10H,1-6H2. The van der Waals surface area contributed by atoms with E-state index in [0.29, 0.717) is 6.04 Å². The lowest BCUT2D eigenvalue weighted by molar-refractivity contribution is 0.534. The predicted octanol–water partition coefficient (Wildman–Crippen LogP) is 2.38. The van der Waals surface area contributed by atoms with E-state index in [0.717, 1.165) is 11.0 Å². The van der Waals surface area contributed by atoms with E-state index in [1.165, 1.54) is 24.3 Å². The van der Waals surface area contributed by atoms with E-state index in [1.807, 2.05) is 11.8 Å². The molecule has 11 heavy (non-hydrogen) atoms. The molecule has 64 valence electrons. The molecular formula is C8H14BrNS. The molecule has 0 bridgehead atoms. The summed E-state index contributed by atoms with van der Waals surface area (Å²) >= 11 is 5.38. The molecule has 1 unspecified atom stereocenters. The van der Waals surface area contributed by atoms with Gasteiger partial charge >= 0.3 is 0 Å². The van der Waals surface area contributed by atoms with Crippen LogP contribution >= 0.6 is 27.7 Å². The van der Waals surface area contributed by atoms with Gasteiger partial charge in [0, 0.05) is 22.8 Å². The first kappa shape index (κ1) is 9.62. The van der Waals surface area contributed by atoms with Crippen LogP contribution in [0.15, 0.2) is 11.1 Å². The van der Waals surface area contributed by atoms with Gasteiger partial charge in [-0.2, -0.15) is 11.8 Å². The monoisotopic (exact) mass is 235 g/mol. The Morgan fingerprint density at radius 3 is 3.09 bits per heavy atom. The Balaban J connectivity index is 2.09. The Labute approximate surface area is 81.1 Å². The van der Waals surface area contributed by atoms with Crippen molar-refractivity contribution < 1.29 is 0 Å². The number of nitrogens with one attached hydrogen (secondary N) is 1. The zero-order valence-corrected chi connectivity index (χ0v) is 9.01. The molecule has 1 saturated heterocycles. The van der Waals surface area contributed by atoms with Crippen molar-refractivity contribution in [3.8, 4) is 0 Å². The maximum Gasteiger partial charge on any atom is 0.0268 e. The van der Waals surface area contributed by atoms with Crippen LogP contribution in [0, 0.1) is 0 Å². The second-order valence-corrected chi connectivity index (χ2v) is 5.08. The summed E-state index contributed by atoms with van der Waals surface area (Å²) in [5, 5.41) is 3.45. The molecule has 3 heteroatoms. The molecule has 0 aromatic heterocycles. The van der Waals surface area contributed by atoms with Gasteiger partial charge in [-0.3, -0.25) is 0 Å². The molecule has 1 nitrogen and oxygen atoms in total. The summed E-state index contributed by atoms with van der Waals surface area (Å²) < 4.78 is 1.05. The van der Waals surface area contributed by atoms with Crippen LogP contribution in [-0.2, 0) is 0 Å². The Bertz CT molecular complexity index is 132. The second kappa shape index (κ2) is 5.22. The van der Waals surface area contributed by atoms with Gasteiger partial charge in [-0.1, -0.05) is 22.5 Å². The third kappa shape index (κ3) is 4.19. The molecular weight excluding hydrogens is 222 g/mol. The van der Waals surface area contributed by atoms with Crippen molar-refractivity contribution in [3.05, 3.63) is 11.1 Å². The molecule has 1 heterocycles. The molecule has 1 fully saturated rings. The van der Waals surface area contributed by atoms with Crippen molar-refractivity contribution in [3.63, 3.8) is 0 Å². The first-order valence-corrected chi connectivity index (χ1v) is 5.88. The molecule has 0 radical (unpaired) electrons. The fraction of sp³-hybridized carbons (Fsp3) is 0.750. The highest BCUT2D eigenvalue weighted by molar-refractivity contribution is 9.11. The smallest absolute Gasteiger partial charge is 0.0268 e. The average Bonchev–Trinajstić information content (AvgIpc) is 2.03. The minimum atomic E-state index is 0.711. The van der Waals surface area contributed by atoms with Crippen molar-refractivity contribution in [1.82, 2.24) is 5.32 Å². The van der Waals surface area contributed by atoms with E-state index in [9.17, 15) is 0 Å². The summed E-state index contributed by atoms with van der Waals surface area (Å²) in [6, 6.07) is 0.711. The zero-order valence-electron chi connectivity index (χ0n) is 6.61. The van der Waals surface area contributed by atoms with E-state index in [2.05, 4.69) is 27.8 Å². The molecule has 0 aromatic rings. The predicted molar refractivity (Wildman–Crippen MR) is 56.4 cm³/mol. The van der Waals surface area contributed by atoms with Gasteiger partial charge in [0.2, 0.25) is 0 Å². The van der Waals surface area contributed by atoms with Gasteiger partial charge in [0.05, 0.1) is 0 Å². The lowest BCUT2D eigenvalue weighted by atomic mass is 10.2. The number of rotatable bonds is 3. The van der Waals surface area contributed by atoms with Crippen LogP contribution in [0.1, 0.15) is 12.8 Å². The highest BCUT2D eigenvalue weighted by atomic mass is 79.9. The van der Waals surface area contributed by atoms with E-state index < -0.39 is 0 Å². The maximum absolute atomic E-state index is 3.79. The SMILES string of the molecule is C=C(Br)CNC1CCCSC1. The van der Waals surface area contributed by atoms with E-state index in [1.54, 1.807) is 0 Å². The van der Waals surface area contributed by atoms with E-state index >= 15 is 0 Å². The fourth-order valence-electron chi connectivity index (χ4n) is 1.16. The van der Waals surface area contributed by atoms with Crippen LogP contribution in [0.4, 0.5) is 0 Å². The summed E-state index contributed by atoms with van der Waals surface area (Å²) in [5.41, 5.74) is 0. The maximum atomic E-state index is 3.79. The minimum absolute atomic E-state index is 0.711. The van der Waals surface area contributed by atoms with Crippen molar-refractivity contribution in [2.45, 2.75) is 18.9 Å². The van der Waals surface area contributed by atoms with Crippen LogP contribution in [-0.4, -0.2) is 24.1 Å². The number of thioether (sulfide) groups is 1. The van der Waals surface area contributed by atoms with Crippen LogP contribution in [0.25, 0.3) is 0 Å². The van der Waals surface area contributed by atoms with Gasteiger partial charge in [0.15, 0.2) is 0 Å². The Hall–Kier alpha value is 0.530. The third-order valence-corrected chi connectivity index (χ3v) is 3.24. The molecule has 0 saturated carbocycles. The van der Waals surface area contributed by atoms with Crippen LogP contribution in [0.3, 0.4) is 0 Å². The van der Waals surface area contributed by atoms with Crippen molar-refractivity contribution in [1.29, 1.82) is 0 Å². The summed E-state index contributed by atoms with van der Waals surface area (Å²) in [7, 11) is 0. The van der Waals surface area contributed by atoms with Crippen LogP contribution in [0.2, 0.25) is 0 Å². The van der Waals surface area contributed by atoms with Crippen LogP contribution in [0.5, 0.6) is 0 Å². The average molecular weight is 236 g/mol. The zero-order chi connectivity index (χ0) is 8.10. The number of hydrogen-bond donors (Lipinski definition) is 1. The van der Waals surface area contributed by atoms with Crippen LogP contribution < -0.4 is 5.32 Å². The van der Waals surface area contributed by atoms with E-state index in [-0.39, 0.29) is 0 Å². The molecule has 0 aromatic carbocycles. The molecule has 0 spiro atoms. The number of hydrogen-bond acceptors (Lipinski definition) is 2. The molecule has 0 amide bonds. The second-order valence-electron chi connectivity index (χ2n) is 2.81. The summed E-state index contributed by atoms with van der Waals surface area (Å²) in [6.07, 6.45) is 2.68. The van der Waals surface area contributed by atoms with Gasteiger partial charge in [-0.05, 0) is 18.6 Å². The normalized spacial score (nSPS) is 25.0. The van der Waals surface area contributed by atoms with Gasteiger partial charge in [0.25, 0.3) is 0 Å². The summed E-state index contributed by atoms with van der Waals surface area (Å²) in [4.78, 5) is 0. The molecule has 1 aliphatic heterocycles. The minimum Gasteiger partial charge on any atom is -0.309 e. The highest BCUT2D eigenvalue weighted by Crippen LogP contribution is 2.17. The molecule has 1 N–H and O–H groups in total. The van der Waals surface area contributed by atoms with Gasteiger partial charge < -0.3 is 5.32 Å². The van der Waals surface area contributed by atoms with Crippen molar-refractivity contribution in [2.75, 3.05) is 18.1 Å². The first-order chi connectivity index (χ1) is 5.29. The molecule has 0 aliphatic carbocycles. The molecule has 1 aliphatic rings. The van der Waals surface area contributed by atoms with E-state index in [4.69, 9.17) is 0 Å². The summed E-state index contributed by atoms with van der Waals surface area (Å²) in [5.74, 6) is 2.60. The third-order valence-electron chi connectivity index (χ3n) is 1.74. The number of halogens is 1. The topological polar surface area (TPSA) is 12.0 Å². The quantitative estimate of drug-likeness (QED) is 0.807. The van der Waals surface area contributed by atoms with Crippen molar-refractivity contribution in [2.24, 2.45) is 0 Å². The van der Waals surface area contributed by atoms with Gasteiger partial charge in [-0.15, -0.1) is 0 Å². The highest BCUT2D eigenvalue weighted by Gasteiger charge is 2.11. The first-order valence-electron chi connectivity index (χ1n) is 3.93. The fourth-order valence-corrected chi connectivity index (χ4v) is 2.43. The summed E-state index contributed by atoms with van der Waals surface area (Å²) in [6.45, 7) is 4.69. The largest absolute Gasteiger partial charge is 0.309 e. The Kier molecular flexibility index (Phi) is 4.57. The van der Waals surface area contributed by atoms with Gasteiger partial charge in [0.1, 0.15) is 0 Å². The Morgan fingerprint density at radius 2 is 2.55 bits per heavy atom. The lowest BCUT2D eigenvalue weighted by Gasteiger charge is -2.22. The van der Waals surface area contributed by atoms with Gasteiger partial charge in [-0.25, -0.2) is 0 Å². The van der Waals surface area contributed by atoms with Crippen molar-refractivity contribution >= 4 is 27.7 Å². The Morgan fingerprint density at radius 1 is 1.73 bits per heavy atom.